The number of hydrogen-bond acceptors (Lipinski definition) is 4. The molecule has 3 rings (SSSR count). The van der Waals surface area contributed by atoms with Crippen molar-refractivity contribution in [3.8, 4) is 0 Å². The Balaban J connectivity index is 1.91. The van der Waals surface area contributed by atoms with E-state index in [1.165, 1.54) is 31.5 Å². The normalized spacial score (nSPS) is 25.6. The maximum Gasteiger partial charge on any atom is 0.131 e. The number of hydrogen-bond donors (Lipinski definition) is 1. The van der Waals surface area contributed by atoms with Crippen molar-refractivity contribution in [2.75, 3.05) is 18.5 Å². The second kappa shape index (κ2) is 5.08. The van der Waals surface area contributed by atoms with E-state index in [-0.39, 0.29) is 0 Å². The number of nitrogens with one attached hydrogen (secondary N) is 1. The van der Waals surface area contributed by atoms with Gasteiger partial charge in [0.05, 0.1) is 17.6 Å². The monoisotopic (exact) mass is 260 g/mol. The first-order valence-corrected chi connectivity index (χ1v) is 7.46. The van der Waals surface area contributed by atoms with Gasteiger partial charge in [-0.15, -0.1) is 0 Å². The molecule has 2 unspecified atom stereocenters. The highest BCUT2D eigenvalue weighted by molar-refractivity contribution is 5.52. The molecule has 2 bridgehead atoms. The molecule has 0 radical (unpaired) electrons. The largest absolute Gasteiger partial charge is 0.365 e. The molecule has 2 fully saturated rings. The van der Waals surface area contributed by atoms with Crippen molar-refractivity contribution in [2.45, 2.75) is 51.6 Å². The van der Waals surface area contributed by atoms with Crippen LogP contribution >= 0.6 is 0 Å². The van der Waals surface area contributed by atoms with Gasteiger partial charge in [0.2, 0.25) is 0 Å². The summed E-state index contributed by atoms with van der Waals surface area (Å²) in [6.07, 6.45) is 6.17. The van der Waals surface area contributed by atoms with Crippen LogP contribution in [0.15, 0.2) is 6.20 Å². The fourth-order valence-electron chi connectivity index (χ4n) is 3.46. The Morgan fingerprint density at radius 3 is 2.84 bits per heavy atom. The molecule has 1 saturated heterocycles. The maximum absolute atomic E-state index is 4.77. The van der Waals surface area contributed by atoms with E-state index in [2.05, 4.69) is 35.2 Å². The Labute approximate surface area is 115 Å². The third-order valence-electron chi connectivity index (χ3n) is 4.44. The minimum Gasteiger partial charge on any atom is -0.365 e. The zero-order valence-electron chi connectivity index (χ0n) is 12.2. The predicted octanol–water partition coefficient (Wildman–Crippen LogP) is 2.31. The highest BCUT2D eigenvalue weighted by Gasteiger charge is 2.38. The van der Waals surface area contributed by atoms with E-state index >= 15 is 0 Å². The summed E-state index contributed by atoms with van der Waals surface area (Å²) in [5.41, 5.74) is 2.42. The summed E-state index contributed by atoms with van der Waals surface area (Å²) in [5, 5.41) is 3.24. The van der Waals surface area contributed by atoms with Gasteiger partial charge in [0.1, 0.15) is 5.82 Å². The van der Waals surface area contributed by atoms with Gasteiger partial charge < -0.3 is 10.2 Å². The van der Waals surface area contributed by atoms with E-state index in [1.807, 2.05) is 7.05 Å². The highest BCUT2D eigenvalue weighted by atomic mass is 15.2. The molecule has 104 valence electrons. The van der Waals surface area contributed by atoms with E-state index in [0.717, 1.165) is 30.0 Å². The molecular weight excluding hydrogens is 236 g/mol. The molecule has 2 atom stereocenters. The molecule has 4 nitrogen and oxygen atoms in total. The Hall–Kier alpha value is -1.16. The number of anilines is 1. The number of rotatable bonds is 4. The van der Waals surface area contributed by atoms with Gasteiger partial charge in [-0.1, -0.05) is 13.8 Å². The lowest BCUT2D eigenvalue weighted by Gasteiger charge is -2.30. The zero-order valence-corrected chi connectivity index (χ0v) is 12.2. The number of aromatic nitrogens is 2. The summed E-state index contributed by atoms with van der Waals surface area (Å²) in [5.74, 6) is 2.25. The van der Waals surface area contributed by atoms with Crippen molar-refractivity contribution in [2.24, 2.45) is 5.92 Å². The first kappa shape index (κ1) is 12.9. The van der Waals surface area contributed by atoms with Gasteiger partial charge in [-0.25, -0.2) is 9.97 Å². The smallest absolute Gasteiger partial charge is 0.131 e. The summed E-state index contributed by atoms with van der Waals surface area (Å²) in [6.45, 7) is 6.32. The molecule has 1 aliphatic carbocycles. The molecule has 1 aliphatic heterocycles. The Bertz CT molecular complexity index is 457. The van der Waals surface area contributed by atoms with E-state index in [0.29, 0.717) is 5.92 Å². The van der Waals surface area contributed by atoms with E-state index < -0.39 is 0 Å². The van der Waals surface area contributed by atoms with Gasteiger partial charge in [-0.3, -0.25) is 0 Å². The Kier molecular flexibility index (Phi) is 3.44. The lowest BCUT2D eigenvalue weighted by Crippen LogP contribution is -2.33. The lowest BCUT2D eigenvalue weighted by atomic mass is 10.1. The van der Waals surface area contributed by atoms with E-state index in [1.54, 1.807) is 0 Å². The first-order chi connectivity index (χ1) is 9.19. The fraction of sp³-hybridized carbons (Fsp3) is 0.733. The number of piperidine rings is 1. The van der Waals surface area contributed by atoms with Crippen LogP contribution in [-0.4, -0.2) is 29.6 Å². The van der Waals surface area contributed by atoms with Crippen LogP contribution in [0.2, 0.25) is 0 Å². The van der Waals surface area contributed by atoms with Crippen LogP contribution in [0.25, 0.3) is 0 Å². The molecule has 1 aromatic heterocycles. The van der Waals surface area contributed by atoms with Crippen LogP contribution in [0.5, 0.6) is 0 Å². The minimum absolute atomic E-state index is 0.389. The molecule has 1 saturated carbocycles. The standard InChI is InChI=1S/C15H24N4/c1-10(2)15-17-8-14(13(18-15)7-16-3)19-9-11-4-5-12(19)6-11/h8,10-12,16H,4-7,9H2,1-3H3. The average Bonchev–Trinajstić information content (AvgIpc) is 3.01. The molecule has 2 heterocycles. The summed E-state index contributed by atoms with van der Waals surface area (Å²) >= 11 is 0. The second-order valence-corrected chi connectivity index (χ2v) is 6.23. The van der Waals surface area contributed by atoms with Crippen molar-refractivity contribution in [3.05, 3.63) is 17.7 Å². The van der Waals surface area contributed by atoms with Gasteiger partial charge in [0.15, 0.2) is 0 Å². The molecule has 19 heavy (non-hydrogen) atoms. The van der Waals surface area contributed by atoms with Crippen molar-refractivity contribution in [3.63, 3.8) is 0 Å². The van der Waals surface area contributed by atoms with E-state index in [9.17, 15) is 0 Å². The van der Waals surface area contributed by atoms with Crippen molar-refractivity contribution in [1.29, 1.82) is 0 Å². The zero-order chi connectivity index (χ0) is 13.4. The van der Waals surface area contributed by atoms with Gasteiger partial charge in [-0.2, -0.15) is 0 Å². The molecule has 4 heteroatoms. The summed E-state index contributed by atoms with van der Waals surface area (Å²) < 4.78 is 0. The van der Waals surface area contributed by atoms with Crippen LogP contribution in [0, 0.1) is 5.92 Å². The summed E-state index contributed by atoms with van der Waals surface area (Å²) in [6, 6.07) is 0.731. The Morgan fingerprint density at radius 1 is 1.42 bits per heavy atom. The average molecular weight is 260 g/mol. The number of nitrogens with zero attached hydrogens (tertiary/aromatic N) is 3. The van der Waals surface area contributed by atoms with Crippen LogP contribution in [0.3, 0.4) is 0 Å². The molecule has 2 aliphatic rings. The van der Waals surface area contributed by atoms with Crippen LogP contribution in [0.1, 0.15) is 50.5 Å². The predicted molar refractivity (Wildman–Crippen MR) is 77.4 cm³/mol. The molecule has 1 N–H and O–H groups in total. The molecule has 1 aromatic rings. The fourth-order valence-corrected chi connectivity index (χ4v) is 3.46. The van der Waals surface area contributed by atoms with Crippen molar-refractivity contribution >= 4 is 5.69 Å². The Morgan fingerprint density at radius 2 is 2.26 bits per heavy atom. The molecular formula is C15H24N4. The van der Waals surface area contributed by atoms with Gasteiger partial charge in [-0.05, 0) is 32.2 Å². The first-order valence-electron chi connectivity index (χ1n) is 7.46. The third kappa shape index (κ3) is 2.34. The summed E-state index contributed by atoms with van der Waals surface area (Å²) in [7, 11) is 1.98. The van der Waals surface area contributed by atoms with Gasteiger partial charge >= 0.3 is 0 Å². The van der Waals surface area contributed by atoms with E-state index in [4.69, 9.17) is 4.98 Å². The second-order valence-electron chi connectivity index (χ2n) is 6.23. The lowest BCUT2D eigenvalue weighted by molar-refractivity contribution is 0.549. The van der Waals surface area contributed by atoms with Crippen molar-refractivity contribution < 1.29 is 0 Å². The minimum atomic E-state index is 0.389. The summed E-state index contributed by atoms with van der Waals surface area (Å²) in [4.78, 5) is 11.9. The SMILES string of the molecule is CNCc1nc(C(C)C)ncc1N1CC2CCC1C2. The molecule has 0 amide bonds. The quantitative estimate of drug-likeness (QED) is 0.902. The molecule has 0 spiro atoms. The van der Waals surface area contributed by atoms with Gasteiger partial charge in [0, 0.05) is 25.0 Å². The van der Waals surface area contributed by atoms with Crippen molar-refractivity contribution in [1.82, 2.24) is 15.3 Å². The third-order valence-corrected chi connectivity index (χ3v) is 4.44. The highest BCUT2D eigenvalue weighted by Crippen LogP contribution is 2.40. The van der Waals surface area contributed by atoms with Crippen LogP contribution in [-0.2, 0) is 6.54 Å². The topological polar surface area (TPSA) is 41.1 Å². The molecule has 0 aromatic carbocycles. The van der Waals surface area contributed by atoms with Crippen LogP contribution < -0.4 is 10.2 Å². The van der Waals surface area contributed by atoms with Crippen LogP contribution in [0.4, 0.5) is 5.69 Å². The van der Waals surface area contributed by atoms with Gasteiger partial charge in [0.25, 0.3) is 0 Å². The number of fused-ring (bicyclic) bond motifs is 2. The maximum atomic E-state index is 4.77.